The number of piperidine rings is 2. The maximum Gasteiger partial charge on any atom is 0.311 e. The summed E-state index contributed by atoms with van der Waals surface area (Å²) in [6.45, 7) is 3.92. The number of ether oxygens (including phenoxy) is 1. The Labute approximate surface area is 164 Å². The fraction of sp³-hybridized carbons (Fsp3) is 0.550. The van der Waals surface area contributed by atoms with E-state index >= 15 is 0 Å². The van der Waals surface area contributed by atoms with E-state index in [9.17, 15) is 10.1 Å². The zero-order chi connectivity index (χ0) is 19.7. The van der Waals surface area contributed by atoms with Crippen molar-refractivity contribution >= 4 is 5.69 Å². The summed E-state index contributed by atoms with van der Waals surface area (Å²) in [7, 11) is 3.35. The van der Waals surface area contributed by atoms with Crippen LogP contribution in [0.2, 0.25) is 0 Å². The number of methoxy groups -OCH3 is 1. The van der Waals surface area contributed by atoms with Gasteiger partial charge in [0.25, 0.3) is 0 Å². The minimum absolute atomic E-state index is 0.00627. The quantitative estimate of drug-likeness (QED) is 0.620. The molecule has 4 rings (SSSR count). The van der Waals surface area contributed by atoms with Gasteiger partial charge in [0.1, 0.15) is 0 Å². The molecular weight excluding hydrogens is 358 g/mol. The van der Waals surface area contributed by atoms with Crippen LogP contribution in [-0.2, 0) is 7.05 Å². The van der Waals surface area contributed by atoms with Gasteiger partial charge in [-0.3, -0.25) is 14.8 Å². The maximum atomic E-state index is 11.6. The standard InChI is InChI=1S/C20H27N5O3/c1-24-13-14(11-23-24)15-9-18(25(26)27)19(28-2)10-16(15)17-12-22-8-5-20(17)3-6-21-7-4-20/h9-11,13,17,21-22H,3-8,12H2,1-2H3. The molecule has 2 fully saturated rings. The summed E-state index contributed by atoms with van der Waals surface area (Å²) in [5, 5.41) is 23.0. The van der Waals surface area contributed by atoms with Crippen molar-refractivity contribution in [2.24, 2.45) is 12.5 Å². The number of aromatic nitrogens is 2. The van der Waals surface area contributed by atoms with Gasteiger partial charge in [0.2, 0.25) is 0 Å². The molecule has 3 heterocycles. The maximum absolute atomic E-state index is 11.6. The second kappa shape index (κ2) is 7.52. The van der Waals surface area contributed by atoms with Crippen LogP contribution in [0.15, 0.2) is 24.5 Å². The first-order valence-electron chi connectivity index (χ1n) is 9.81. The number of nitrogens with one attached hydrogen (secondary N) is 2. The van der Waals surface area contributed by atoms with Crippen LogP contribution in [0.1, 0.15) is 30.7 Å². The molecule has 0 amide bonds. The molecule has 2 aliphatic rings. The predicted molar refractivity (Wildman–Crippen MR) is 107 cm³/mol. The van der Waals surface area contributed by atoms with Crippen LogP contribution in [0.25, 0.3) is 11.1 Å². The molecule has 1 unspecified atom stereocenters. The third kappa shape index (κ3) is 3.27. The molecule has 1 spiro atoms. The van der Waals surface area contributed by atoms with Gasteiger partial charge in [0.05, 0.1) is 18.2 Å². The second-order valence-electron chi connectivity index (χ2n) is 7.89. The highest BCUT2D eigenvalue weighted by atomic mass is 16.6. The van der Waals surface area contributed by atoms with Gasteiger partial charge in [-0.15, -0.1) is 0 Å². The fourth-order valence-corrected chi connectivity index (χ4v) is 4.93. The van der Waals surface area contributed by atoms with Crippen molar-refractivity contribution in [2.45, 2.75) is 25.2 Å². The van der Waals surface area contributed by atoms with Crippen molar-refractivity contribution in [1.82, 2.24) is 20.4 Å². The van der Waals surface area contributed by atoms with Crippen LogP contribution < -0.4 is 15.4 Å². The van der Waals surface area contributed by atoms with Gasteiger partial charge in [-0.05, 0) is 61.5 Å². The van der Waals surface area contributed by atoms with E-state index in [-0.39, 0.29) is 21.9 Å². The summed E-state index contributed by atoms with van der Waals surface area (Å²) in [4.78, 5) is 11.3. The van der Waals surface area contributed by atoms with Gasteiger partial charge >= 0.3 is 5.69 Å². The summed E-state index contributed by atoms with van der Waals surface area (Å²) >= 11 is 0. The first-order valence-corrected chi connectivity index (χ1v) is 9.81. The average molecular weight is 385 g/mol. The number of hydrogen-bond acceptors (Lipinski definition) is 6. The molecule has 1 atom stereocenters. The number of aryl methyl sites for hydroxylation is 1. The third-order valence-electron chi connectivity index (χ3n) is 6.43. The smallest absolute Gasteiger partial charge is 0.311 e. The van der Waals surface area contributed by atoms with Gasteiger partial charge in [0, 0.05) is 37.3 Å². The molecule has 2 aliphatic heterocycles. The van der Waals surface area contributed by atoms with Crippen molar-refractivity contribution in [1.29, 1.82) is 0 Å². The molecule has 1 aromatic heterocycles. The lowest BCUT2D eigenvalue weighted by Crippen LogP contribution is -2.49. The zero-order valence-corrected chi connectivity index (χ0v) is 16.4. The second-order valence-corrected chi connectivity index (χ2v) is 7.89. The van der Waals surface area contributed by atoms with E-state index in [0.29, 0.717) is 5.75 Å². The van der Waals surface area contributed by atoms with Crippen molar-refractivity contribution in [2.75, 3.05) is 33.3 Å². The number of benzene rings is 1. The molecule has 2 aromatic rings. The zero-order valence-electron chi connectivity index (χ0n) is 16.4. The Bertz CT molecular complexity index is 864. The number of nitro groups is 1. The minimum atomic E-state index is -0.373. The van der Waals surface area contributed by atoms with Crippen LogP contribution in [-0.4, -0.2) is 48.0 Å². The molecule has 0 aliphatic carbocycles. The topological polar surface area (TPSA) is 94.2 Å². The number of rotatable bonds is 4. The van der Waals surface area contributed by atoms with Gasteiger partial charge in [0.15, 0.2) is 5.75 Å². The Hall–Kier alpha value is -2.45. The van der Waals surface area contributed by atoms with E-state index in [1.54, 1.807) is 16.9 Å². The molecule has 2 saturated heterocycles. The highest BCUT2D eigenvalue weighted by Crippen LogP contribution is 2.51. The lowest BCUT2D eigenvalue weighted by Gasteiger charge is -2.48. The average Bonchev–Trinajstić information content (AvgIpc) is 3.14. The van der Waals surface area contributed by atoms with E-state index in [0.717, 1.165) is 62.1 Å². The molecule has 0 radical (unpaired) electrons. The van der Waals surface area contributed by atoms with Crippen LogP contribution in [0.3, 0.4) is 0 Å². The van der Waals surface area contributed by atoms with E-state index in [2.05, 4.69) is 15.7 Å². The van der Waals surface area contributed by atoms with E-state index < -0.39 is 0 Å². The molecule has 150 valence electrons. The van der Waals surface area contributed by atoms with E-state index in [4.69, 9.17) is 4.74 Å². The van der Waals surface area contributed by atoms with Crippen LogP contribution in [0.4, 0.5) is 5.69 Å². The van der Waals surface area contributed by atoms with Gasteiger partial charge in [-0.25, -0.2) is 0 Å². The highest BCUT2D eigenvalue weighted by molar-refractivity contribution is 5.73. The van der Waals surface area contributed by atoms with Gasteiger partial charge in [-0.2, -0.15) is 5.10 Å². The van der Waals surface area contributed by atoms with Crippen molar-refractivity contribution < 1.29 is 9.66 Å². The molecule has 2 N–H and O–H groups in total. The van der Waals surface area contributed by atoms with Crippen LogP contribution >= 0.6 is 0 Å². The molecule has 1 aromatic carbocycles. The Kier molecular flexibility index (Phi) is 5.07. The highest BCUT2D eigenvalue weighted by Gasteiger charge is 2.43. The number of nitro benzene ring substituents is 1. The summed E-state index contributed by atoms with van der Waals surface area (Å²) in [6.07, 6.45) is 7.04. The first kappa shape index (κ1) is 18.9. The largest absolute Gasteiger partial charge is 0.490 e. The Balaban J connectivity index is 1.89. The Morgan fingerprint density at radius 3 is 2.57 bits per heavy atom. The lowest BCUT2D eigenvalue weighted by molar-refractivity contribution is -0.385. The van der Waals surface area contributed by atoms with Crippen molar-refractivity contribution in [3.63, 3.8) is 0 Å². The summed E-state index contributed by atoms with van der Waals surface area (Å²) in [6, 6.07) is 3.55. The van der Waals surface area contributed by atoms with Crippen LogP contribution in [0.5, 0.6) is 5.75 Å². The SMILES string of the molecule is COc1cc(C2CNCCC23CCNCC3)c(-c2cnn(C)c2)cc1[N+](=O)[O-]. The molecule has 8 heteroatoms. The molecular formula is C20H27N5O3. The van der Waals surface area contributed by atoms with E-state index in [1.165, 1.54) is 7.11 Å². The minimum Gasteiger partial charge on any atom is -0.490 e. The molecule has 0 saturated carbocycles. The van der Waals surface area contributed by atoms with Crippen LogP contribution in [0, 0.1) is 15.5 Å². The van der Waals surface area contributed by atoms with Gasteiger partial charge < -0.3 is 15.4 Å². The number of nitrogens with zero attached hydrogens (tertiary/aromatic N) is 3. The summed E-state index contributed by atoms with van der Waals surface area (Å²) in [5.74, 6) is 0.593. The number of hydrogen-bond donors (Lipinski definition) is 2. The first-order chi connectivity index (χ1) is 13.5. The van der Waals surface area contributed by atoms with Gasteiger partial charge in [-0.1, -0.05) is 0 Å². The van der Waals surface area contributed by atoms with Crippen molar-refractivity contribution in [3.8, 4) is 16.9 Å². The fourth-order valence-electron chi connectivity index (χ4n) is 4.93. The molecule has 0 bridgehead atoms. The monoisotopic (exact) mass is 385 g/mol. The molecule has 28 heavy (non-hydrogen) atoms. The van der Waals surface area contributed by atoms with Crippen molar-refractivity contribution in [3.05, 3.63) is 40.2 Å². The third-order valence-corrected chi connectivity index (χ3v) is 6.43. The molecule has 8 nitrogen and oxygen atoms in total. The summed E-state index contributed by atoms with van der Waals surface area (Å²) in [5.41, 5.74) is 3.09. The Morgan fingerprint density at radius 1 is 1.25 bits per heavy atom. The predicted octanol–water partition coefficient (Wildman–Crippen LogP) is 2.45. The summed E-state index contributed by atoms with van der Waals surface area (Å²) < 4.78 is 7.15. The Morgan fingerprint density at radius 2 is 1.96 bits per heavy atom. The lowest BCUT2D eigenvalue weighted by atomic mass is 9.62. The normalized spacial score (nSPS) is 21.6. The van der Waals surface area contributed by atoms with E-state index in [1.807, 2.05) is 19.3 Å².